The number of hydrogen-bond donors (Lipinski definition) is 1. The van der Waals surface area contributed by atoms with Crippen LogP contribution in [0.5, 0.6) is 0 Å². The number of nitrogens with zero attached hydrogens (tertiary/aromatic N) is 1. The Morgan fingerprint density at radius 2 is 2.05 bits per heavy atom. The molecule has 0 heterocycles. The van der Waals surface area contributed by atoms with E-state index in [1.165, 1.54) is 16.8 Å². The van der Waals surface area contributed by atoms with E-state index in [2.05, 4.69) is 56.2 Å². The van der Waals surface area contributed by atoms with E-state index in [0.717, 1.165) is 26.1 Å². The Morgan fingerprint density at radius 3 is 2.68 bits per heavy atom. The lowest BCUT2D eigenvalue weighted by Crippen LogP contribution is -2.25. The minimum atomic E-state index is 0.507. The summed E-state index contributed by atoms with van der Waals surface area (Å²) >= 11 is 0. The van der Waals surface area contributed by atoms with Crippen molar-refractivity contribution < 1.29 is 4.74 Å². The van der Waals surface area contributed by atoms with Crippen molar-refractivity contribution in [2.45, 2.75) is 39.8 Å². The fourth-order valence-electron chi connectivity index (χ4n) is 2.11. The van der Waals surface area contributed by atoms with Gasteiger partial charge in [0.15, 0.2) is 0 Å². The normalized spacial score (nSPS) is 11.1. The molecule has 3 heteroatoms. The molecule has 1 N–H and O–H groups in total. The first-order chi connectivity index (χ1) is 9.04. The highest BCUT2D eigenvalue weighted by molar-refractivity contribution is 5.54. The molecule has 3 nitrogen and oxygen atoms in total. The van der Waals surface area contributed by atoms with Crippen LogP contribution in [0.3, 0.4) is 0 Å². The molecule has 0 unspecified atom stereocenters. The Kier molecular flexibility index (Phi) is 6.89. The standard InChI is InChI=1S/C16H28N2O/c1-13(2)17-12-15-11-14(3)7-8-16(15)18(4)9-6-10-19-5/h7-8,11,13,17H,6,9-10,12H2,1-5H3. The number of aryl methyl sites for hydroxylation is 1. The molecule has 108 valence electrons. The van der Waals surface area contributed by atoms with Crippen molar-refractivity contribution in [3.05, 3.63) is 29.3 Å². The zero-order valence-corrected chi connectivity index (χ0v) is 13.0. The Morgan fingerprint density at radius 1 is 1.32 bits per heavy atom. The molecular formula is C16H28N2O. The quantitative estimate of drug-likeness (QED) is 0.731. The van der Waals surface area contributed by atoms with Crippen molar-refractivity contribution in [1.82, 2.24) is 5.32 Å². The van der Waals surface area contributed by atoms with Crippen LogP contribution in [0.15, 0.2) is 18.2 Å². The van der Waals surface area contributed by atoms with Gasteiger partial charge in [0.05, 0.1) is 0 Å². The molecule has 19 heavy (non-hydrogen) atoms. The van der Waals surface area contributed by atoms with Crippen LogP contribution in [0.2, 0.25) is 0 Å². The average Bonchev–Trinajstić information content (AvgIpc) is 2.36. The van der Waals surface area contributed by atoms with Crippen molar-refractivity contribution in [2.24, 2.45) is 0 Å². The molecule has 0 fully saturated rings. The van der Waals surface area contributed by atoms with Gasteiger partial charge in [-0.3, -0.25) is 0 Å². The Bertz CT molecular complexity index is 377. The van der Waals surface area contributed by atoms with Crippen LogP contribution < -0.4 is 10.2 Å². The zero-order chi connectivity index (χ0) is 14.3. The number of ether oxygens (including phenoxy) is 1. The monoisotopic (exact) mass is 264 g/mol. The minimum absolute atomic E-state index is 0.507. The van der Waals surface area contributed by atoms with Crippen molar-refractivity contribution >= 4 is 5.69 Å². The zero-order valence-electron chi connectivity index (χ0n) is 13.0. The van der Waals surface area contributed by atoms with Gasteiger partial charge in [-0.25, -0.2) is 0 Å². The van der Waals surface area contributed by atoms with Crippen LogP contribution in [-0.4, -0.2) is 33.4 Å². The molecule has 0 saturated heterocycles. The van der Waals surface area contributed by atoms with Crippen molar-refractivity contribution in [2.75, 3.05) is 32.2 Å². The molecule has 0 aliphatic rings. The van der Waals surface area contributed by atoms with E-state index >= 15 is 0 Å². The predicted molar refractivity (Wildman–Crippen MR) is 82.9 cm³/mol. The molecule has 0 saturated carbocycles. The maximum atomic E-state index is 5.12. The second-order valence-corrected chi connectivity index (χ2v) is 5.44. The number of methoxy groups -OCH3 is 1. The second-order valence-electron chi connectivity index (χ2n) is 5.44. The van der Waals surface area contributed by atoms with Crippen LogP contribution >= 0.6 is 0 Å². The van der Waals surface area contributed by atoms with Gasteiger partial charge in [-0.05, 0) is 25.0 Å². The molecule has 0 spiro atoms. The molecule has 0 amide bonds. The number of rotatable bonds is 8. The van der Waals surface area contributed by atoms with Gasteiger partial charge in [-0.2, -0.15) is 0 Å². The van der Waals surface area contributed by atoms with Gasteiger partial charge in [0.1, 0.15) is 0 Å². The summed E-state index contributed by atoms with van der Waals surface area (Å²) in [6.07, 6.45) is 1.05. The first kappa shape index (κ1) is 16.0. The predicted octanol–water partition coefficient (Wildman–Crippen LogP) is 2.97. The van der Waals surface area contributed by atoms with E-state index in [4.69, 9.17) is 4.74 Å². The maximum Gasteiger partial charge on any atom is 0.0479 e. The summed E-state index contributed by atoms with van der Waals surface area (Å²) in [5, 5.41) is 3.50. The largest absolute Gasteiger partial charge is 0.385 e. The highest BCUT2D eigenvalue weighted by Gasteiger charge is 2.08. The third kappa shape index (κ3) is 5.62. The van der Waals surface area contributed by atoms with E-state index < -0.39 is 0 Å². The van der Waals surface area contributed by atoms with Gasteiger partial charge in [-0.15, -0.1) is 0 Å². The highest BCUT2D eigenvalue weighted by Crippen LogP contribution is 2.21. The fraction of sp³-hybridized carbons (Fsp3) is 0.625. The summed E-state index contributed by atoms with van der Waals surface area (Å²) in [7, 11) is 3.91. The first-order valence-electron chi connectivity index (χ1n) is 7.07. The number of anilines is 1. The summed E-state index contributed by atoms with van der Waals surface area (Å²) in [5.41, 5.74) is 4.00. The smallest absolute Gasteiger partial charge is 0.0479 e. The summed E-state index contributed by atoms with van der Waals surface area (Å²) in [6.45, 7) is 9.26. The summed E-state index contributed by atoms with van der Waals surface area (Å²) in [4.78, 5) is 2.32. The Labute approximate surface area is 118 Å². The molecule has 1 rings (SSSR count). The van der Waals surface area contributed by atoms with Gasteiger partial charge in [0.2, 0.25) is 0 Å². The van der Waals surface area contributed by atoms with E-state index in [1.807, 2.05) is 0 Å². The lowest BCUT2D eigenvalue weighted by Gasteiger charge is -2.23. The Balaban J connectivity index is 2.74. The van der Waals surface area contributed by atoms with E-state index in [-0.39, 0.29) is 0 Å². The van der Waals surface area contributed by atoms with Crippen LogP contribution in [0.1, 0.15) is 31.4 Å². The molecule has 0 aromatic heterocycles. The summed E-state index contributed by atoms with van der Waals surface area (Å²) in [6, 6.07) is 7.19. The summed E-state index contributed by atoms with van der Waals surface area (Å²) in [5.74, 6) is 0. The highest BCUT2D eigenvalue weighted by atomic mass is 16.5. The molecule has 0 atom stereocenters. The molecule has 0 aliphatic carbocycles. The average molecular weight is 264 g/mol. The first-order valence-corrected chi connectivity index (χ1v) is 7.07. The number of benzene rings is 1. The lowest BCUT2D eigenvalue weighted by molar-refractivity contribution is 0.196. The van der Waals surface area contributed by atoms with Gasteiger partial charge >= 0.3 is 0 Å². The third-order valence-electron chi connectivity index (χ3n) is 3.19. The van der Waals surface area contributed by atoms with Crippen LogP contribution in [0.25, 0.3) is 0 Å². The van der Waals surface area contributed by atoms with Gasteiger partial charge in [0.25, 0.3) is 0 Å². The van der Waals surface area contributed by atoms with Crippen LogP contribution in [0, 0.1) is 6.92 Å². The van der Waals surface area contributed by atoms with Gasteiger partial charge in [0, 0.05) is 45.6 Å². The minimum Gasteiger partial charge on any atom is -0.385 e. The van der Waals surface area contributed by atoms with E-state index in [0.29, 0.717) is 6.04 Å². The summed E-state index contributed by atoms with van der Waals surface area (Å²) < 4.78 is 5.12. The van der Waals surface area contributed by atoms with Crippen LogP contribution in [-0.2, 0) is 11.3 Å². The van der Waals surface area contributed by atoms with E-state index in [1.54, 1.807) is 7.11 Å². The molecule has 1 aromatic rings. The third-order valence-corrected chi connectivity index (χ3v) is 3.19. The van der Waals surface area contributed by atoms with Crippen molar-refractivity contribution in [3.63, 3.8) is 0 Å². The second kappa shape index (κ2) is 8.18. The number of nitrogens with one attached hydrogen (secondary N) is 1. The molecule has 1 aromatic carbocycles. The molecule has 0 bridgehead atoms. The topological polar surface area (TPSA) is 24.5 Å². The van der Waals surface area contributed by atoms with Crippen molar-refractivity contribution in [3.8, 4) is 0 Å². The lowest BCUT2D eigenvalue weighted by atomic mass is 10.1. The Hall–Kier alpha value is -1.06. The van der Waals surface area contributed by atoms with Gasteiger partial charge < -0.3 is 15.0 Å². The molecule has 0 radical (unpaired) electrons. The number of hydrogen-bond acceptors (Lipinski definition) is 3. The maximum absolute atomic E-state index is 5.12. The van der Waals surface area contributed by atoms with Crippen molar-refractivity contribution in [1.29, 1.82) is 0 Å². The fourth-order valence-corrected chi connectivity index (χ4v) is 2.11. The molecule has 0 aliphatic heterocycles. The van der Waals surface area contributed by atoms with Gasteiger partial charge in [-0.1, -0.05) is 31.5 Å². The van der Waals surface area contributed by atoms with Crippen LogP contribution in [0.4, 0.5) is 5.69 Å². The molecular weight excluding hydrogens is 236 g/mol. The van der Waals surface area contributed by atoms with E-state index in [9.17, 15) is 0 Å². The SMILES string of the molecule is COCCCN(C)c1ccc(C)cc1CNC(C)C.